The molecule has 1 aliphatic rings. The zero-order chi connectivity index (χ0) is 18.0. The standard InChI is InChI=1S/C18H20FNO4S/c1-12(2)20-10-14-11-23-17-7-6-16(9-18(17)24-14)25(21,22)15-5-3-4-13(19)8-15/h3-9,12,14,20H,10-11H2,1-2H3. The van der Waals surface area contributed by atoms with Crippen LogP contribution in [0.25, 0.3) is 0 Å². The van der Waals surface area contributed by atoms with Crippen LogP contribution in [0, 0.1) is 5.82 Å². The van der Waals surface area contributed by atoms with E-state index in [1.54, 1.807) is 6.07 Å². The minimum Gasteiger partial charge on any atom is -0.486 e. The average molecular weight is 365 g/mol. The molecule has 0 bridgehead atoms. The topological polar surface area (TPSA) is 64.6 Å². The summed E-state index contributed by atoms with van der Waals surface area (Å²) in [6.45, 7) is 5.04. The Morgan fingerprint density at radius 3 is 2.64 bits per heavy atom. The van der Waals surface area contributed by atoms with Crippen molar-refractivity contribution < 1.29 is 22.3 Å². The Balaban J connectivity index is 1.87. The number of rotatable bonds is 5. The first-order chi connectivity index (χ1) is 11.9. The molecule has 0 saturated heterocycles. The molecule has 1 heterocycles. The van der Waals surface area contributed by atoms with Gasteiger partial charge in [0, 0.05) is 18.7 Å². The van der Waals surface area contributed by atoms with E-state index in [9.17, 15) is 12.8 Å². The molecule has 1 atom stereocenters. The third-order valence-electron chi connectivity index (χ3n) is 3.80. The lowest BCUT2D eigenvalue weighted by molar-refractivity contribution is 0.0886. The summed E-state index contributed by atoms with van der Waals surface area (Å²) < 4.78 is 50.3. The molecule has 3 rings (SSSR count). The molecule has 0 aromatic heterocycles. The van der Waals surface area contributed by atoms with Gasteiger partial charge in [0.2, 0.25) is 9.84 Å². The number of nitrogens with one attached hydrogen (secondary N) is 1. The summed E-state index contributed by atoms with van der Waals surface area (Å²) in [6.07, 6.45) is -0.206. The molecule has 0 fully saturated rings. The summed E-state index contributed by atoms with van der Waals surface area (Å²) >= 11 is 0. The van der Waals surface area contributed by atoms with Gasteiger partial charge in [-0.15, -0.1) is 0 Å². The van der Waals surface area contributed by atoms with Gasteiger partial charge in [-0.1, -0.05) is 19.9 Å². The molecule has 0 spiro atoms. The Morgan fingerprint density at radius 1 is 1.16 bits per heavy atom. The van der Waals surface area contributed by atoms with Crippen LogP contribution in [0.2, 0.25) is 0 Å². The van der Waals surface area contributed by atoms with Gasteiger partial charge in [-0.05, 0) is 30.3 Å². The molecule has 5 nitrogen and oxygen atoms in total. The molecule has 2 aromatic carbocycles. The predicted molar refractivity (Wildman–Crippen MR) is 91.3 cm³/mol. The number of ether oxygens (including phenoxy) is 2. The average Bonchev–Trinajstić information content (AvgIpc) is 2.59. The van der Waals surface area contributed by atoms with E-state index in [-0.39, 0.29) is 15.9 Å². The van der Waals surface area contributed by atoms with Crippen LogP contribution in [0.5, 0.6) is 11.5 Å². The second kappa shape index (κ2) is 7.01. The third-order valence-corrected chi connectivity index (χ3v) is 5.55. The van der Waals surface area contributed by atoms with Crippen LogP contribution in [-0.2, 0) is 9.84 Å². The van der Waals surface area contributed by atoms with Crippen LogP contribution in [0.15, 0.2) is 52.3 Å². The Labute approximate surface area is 146 Å². The first-order valence-corrected chi connectivity index (χ1v) is 9.52. The largest absolute Gasteiger partial charge is 0.486 e. The van der Waals surface area contributed by atoms with Crippen LogP contribution in [0.3, 0.4) is 0 Å². The summed E-state index contributed by atoms with van der Waals surface area (Å²) in [5.41, 5.74) is 0. The molecular weight excluding hydrogens is 345 g/mol. The Morgan fingerprint density at radius 2 is 1.92 bits per heavy atom. The van der Waals surface area contributed by atoms with Crippen LogP contribution >= 0.6 is 0 Å². The van der Waals surface area contributed by atoms with Crippen molar-refractivity contribution in [1.29, 1.82) is 0 Å². The van der Waals surface area contributed by atoms with E-state index in [1.807, 2.05) is 13.8 Å². The fraction of sp³-hybridized carbons (Fsp3) is 0.333. The monoisotopic (exact) mass is 365 g/mol. The summed E-state index contributed by atoms with van der Waals surface area (Å²) in [7, 11) is -3.83. The highest BCUT2D eigenvalue weighted by Crippen LogP contribution is 2.35. The zero-order valence-corrected chi connectivity index (χ0v) is 14.8. The highest BCUT2D eigenvalue weighted by atomic mass is 32.2. The smallest absolute Gasteiger partial charge is 0.206 e. The van der Waals surface area contributed by atoms with Crippen molar-refractivity contribution in [2.45, 2.75) is 35.8 Å². The lowest BCUT2D eigenvalue weighted by Crippen LogP contribution is -2.40. The lowest BCUT2D eigenvalue weighted by Gasteiger charge is -2.27. The minimum atomic E-state index is -3.83. The van der Waals surface area contributed by atoms with Crippen molar-refractivity contribution in [2.75, 3.05) is 13.2 Å². The first kappa shape index (κ1) is 17.7. The number of benzene rings is 2. The Kier molecular flexibility index (Phi) is 4.96. The van der Waals surface area contributed by atoms with Gasteiger partial charge in [-0.2, -0.15) is 0 Å². The molecule has 134 valence electrons. The van der Waals surface area contributed by atoms with Crippen LogP contribution in [0.1, 0.15) is 13.8 Å². The fourth-order valence-corrected chi connectivity index (χ4v) is 3.81. The second-order valence-electron chi connectivity index (χ2n) is 6.18. The maximum Gasteiger partial charge on any atom is 0.206 e. The number of halogens is 1. The molecule has 7 heteroatoms. The first-order valence-electron chi connectivity index (χ1n) is 8.04. The normalized spacial score (nSPS) is 16.9. The van der Waals surface area contributed by atoms with Gasteiger partial charge in [0.15, 0.2) is 11.5 Å². The van der Waals surface area contributed by atoms with Gasteiger partial charge in [-0.3, -0.25) is 0 Å². The van der Waals surface area contributed by atoms with E-state index in [1.165, 1.54) is 30.3 Å². The number of fused-ring (bicyclic) bond motifs is 1. The highest BCUT2D eigenvalue weighted by molar-refractivity contribution is 7.91. The van der Waals surface area contributed by atoms with E-state index >= 15 is 0 Å². The van der Waals surface area contributed by atoms with Gasteiger partial charge >= 0.3 is 0 Å². The van der Waals surface area contributed by atoms with Gasteiger partial charge in [0.05, 0.1) is 9.79 Å². The maximum atomic E-state index is 13.4. The lowest BCUT2D eigenvalue weighted by atomic mass is 10.2. The summed E-state index contributed by atoms with van der Waals surface area (Å²) in [5, 5.41) is 3.26. The molecule has 2 aromatic rings. The molecule has 25 heavy (non-hydrogen) atoms. The van der Waals surface area contributed by atoms with Gasteiger partial charge in [0.1, 0.15) is 18.5 Å². The third kappa shape index (κ3) is 3.93. The number of hydrogen-bond acceptors (Lipinski definition) is 5. The van der Waals surface area contributed by atoms with Crippen molar-refractivity contribution >= 4 is 9.84 Å². The summed E-state index contributed by atoms with van der Waals surface area (Å²) in [4.78, 5) is -0.0554. The fourth-order valence-electron chi connectivity index (χ4n) is 2.50. The Hall–Kier alpha value is -2.12. The molecular formula is C18H20FNO4S. The number of hydrogen-bond donors (Lipinski definition) is 1. The van der Waals surface area contributed by atoms with E-state index < -0.39 is 15.7 Å². The molecule has 0 aliphatic carbocycles. The van der Waals surface area contributed by atoms with Crippen molar-refractivity contribution in [3.05, 3.63) is 48.3 Å². The molecule has 0 radical (unpaired) electrons. The highest BCUT2D eigenvalue weighted by Gasteiger charge is 2.25. The molecule has 1 unspecified atom stereocenters. The van der Waals surface area contributed by atoms with E-state index in [0.717, 1.165) is 6.07 Å². The van der Waals surface area contributed by atoms with Crippen molar-refractivity contribution in [1.82, 2.24) is 5.32 Å². The quantitative estimate of drug-likeness (QED) is 0.883. The van der Waals surface area contributed by atoms with E-state index in [2.05, 4.69) is 5.32 Å². The Bertz CT molecular complexity index is 867. The minimum absolute atomic E-state index is 0.0397. The summed E-state index contributed by atoms with van der Waals surface area (Å²) in [5.74, 6) is 0.275. The van der Waals surface area contributed by atoms with Gasteiger partial charge in [0.25, 0.3) is 0 Å². The molecule has 0 amide bonds. The number of sulfone groups is 1. The zero-order valence-electron chi connectivity index (χ0n) is 14.0. The molecule has 1 N–H and O–H groups in total. The second-order valence-corrected chi connectivity index (χ2v) is 8.13. The SMILES string of the molecule is CC(C)NCC1COc2ccc(S(=O)(=O)c3cccc(F)c3)cc2O1. The van der Waals surface area contributed by atoms with Gasteiger partial charge < -0.3 is 14.8 Å². The van der Waals surface area contributed by atoms with Crippen molar-refractivity contribution in [3.8, 4) is 11.5 Å². The van der Waals surface area contributed by atoms with Crippen LogP contribution < -0.4 is 14.8 Å². The van der Waals surface area contributed by atoms with Gasteiger partial charge in [-0.25, -0.2) is 12.8 Å². The van der Waals surface area contributed by atoms with E-state index in [4.69, 9.17) is 9.47 Å². The molecule has 1 aliphatic heterocycles. The maximum absolute atomic E-state index is 13.4. The molecule has 0 saturated carbocycles. The van der Waals surface area contributed by atoms with E-state index in [0.29, 0.717) is 30.7 Å². The summed E-state index contributed by atoms with van der Waals surface area (Å²) in [6, 6.07) is 9.68. The van der Waals surface area contributed by atoms with Crippen LogP contribution in [-0.4, -0.2) is 33.7 Å². The van der Waals surface area contributed by atoms with Crippen LogP contribution in [0.4, 0.5) is 4.39 Å². The van der Waals surface area contributed by atoms with Crippen molar-refractivity contribution in [3.63, 3.8) is 0 Å². The van der Waals surface area contributed by atoms with Crippen molar-refractivity contribution in [2.24, 2.45) is 0 Å². The predicted octanol–water partition coefficient (Wildman–Crippen LogP) is 2.80.